The van der Waals surface area contributed by atoms with Crippen LogP contribution in [0.2, 0.25) is 0 Å². The van der Waals surface area contributed by atoms with Gasteiger partial charge in [0.1, 0.15) is 11.7 Å². The van der Waals surface area contributed by atoms with Crippen LogP contribution in [0.5, 0.6) is 0 Å². The van der Waals surface area contributed by atoms with Crippen LogP contribution in [-0.4, -0.2) is 51.6 Å². The number of fused-ring (bicyclic) bond motifs is 1. The number of benzene rings is 2. The number of hydrogen-bond donors (Lipinski definition) is 2. The van der Waals surface area contributed by atoms with Crippen molar-refractivity contribution in [3.8, 4) is 10.4 Å². The first-order chi connectivity index (χ1) is 17.7. The summed E-state index contributed by atoms with van der Waals surface area (Å²) in [5, 5.41) is 19.9. The molecule has 10 heteroatoms. The van der Waals surface area contributed by atoms with E-state index in [0.29, 0.717) is 18.4 Å². The number of carboxylic acids is 1. The van der Waals surface area contributed by atoms with Crippen LogP contribution in [0.25, 0.3) is 20.5 Å². The minimum absolute atomic E-state index is 0.0831. The Balaban J connectivity index is 1.46. The summed E-state index contributed by atoms with van der Waals surface area (Å²) in [5.41, 5.74) is 0.771. The van der Waals surface area contributed by atoms with Crippen molar-refractivity contribution in [2.75, 3.05) is 6.54 Å². The van der Waals surface area contributed by atoms with Crippen LogP contribution in [0.3, 0.4) is 0 Å². The fraction of sp³-hybridized carbons (Fsp3) is 0.370. The molecule has 0 radical (unpaired) electrons. The van der Waals surface area contributed by atoms with Crippen LogP contribution in [0.4, 0.5) is 9.59 Å². The largest absolute Gasteiger partial charge is 0.506 e. The van der Waals surface area contributed by atoms with E-state index >= 15 is 0 Å². The Morgan fingerprint density at radius 1 is 1.08 bits per heavy atom. The molecule has 8 nitrogen and oxygen atoms in total. The molecule has 0 bridgehead atoms. The summed E-state index contributed by atoms with van der Waals surface area (Å²) in [5.74, 6) is -0.991. The number of hydrogen-bond acceptors (Lipinski definition) is 6. The third-order valence-corrected chi connectivity index (χ3v) is 9.11. The fourth-order valence-corrected chi connectivity index (χ4v) is 6.94. The second-order valence-corrected chi connectivity index (χ2v) is 11.5. The Labute approximate surface area is 225 Å². The number of ether oxygens (including phenoxy) is 2. The maximum atomic E-state index is 13.1. The summed E-state index contributed by atoms with van der Waals surface area (Å²) in [6.45, 7) is 0.362. The summed E-state index contributed by atoms with van der Waals surface area (Å²) in [6.07, 6.45) is 2.59. The first-order valence-corrected chi connectivity index (χ1v) is 13.8. The van der Waals surface area contributed by atoms with E-state index in [1.807, 2.05) is 24.3 Å². The highest BCUT2D eigenvalue weighted by molar-refractivity contribution is 9.10. The van der Waals surface area contributed by atoms with Crippen molar-refractivity contribution in [3.63, 3.8) is 0 Å². The Morgan fingerprint density at radius 3 is 2.49 bits per heavy atom. The first-order valence-electron chi connectivity index (χ1n) is 12.2. The molecule has 3 aromatic rings. The van der Waals surface area contributed by atoms with Crippen LogP contribution in [0.1, 0.15) is 54.4 Å². The van der Waals surface area contributed by atoms with Gasteiger partial charge in [0.15, 0.2) is 0 Å². The number of thiophene rings is 1. The highest BCUT2D eigenvalue weighted by Gasteiger charge is 2.42. The molecule has 0 atom stereocenters. The van der Waals surface area contributed by atoms with Crippen LogP contribution >= 0.6 is 27.3 Å². The smallest absolute Gasteiger partial charge is 0.478 e. The molecule has 2 aromatic carbocycles. The van der Waals surface area contributed by atoms with Crippen LogP contribution in [-0.2, 0) is 16.0 Å². The molecule has 0 unspecified atom stereocenters. The van der Waals surface area contributed by atoms with Crippen molar-refractivity contribution < 1.29 is 34.1 Å². The Bertz CT molecular complexity index is 1360. The van der Waals surface area contributed by atoms with Crippen molar-refractivity contribution >= 4 is 55.6 Å². The van der Waals surface area contributed by atoms with Crippen molar-refractivity contribution in [3.05, 3.63) is 58.1 Å². The quantitative estimate of drug-likeness (QED) is 0.269. The summed E-state index contributed by atoms with van der Waals surface area (Å²) in [7, 11) is 0. The van der Waals surface area contributed by atoms with E-state index < -0.39 is 23.8 Å². The summed E-state index contributed by atoms with van der Waals surface area (Å²) < 4.78 is 12.7. The zero-order chi connectivity index (χ0) is 26.2. The molecule has 1 amide bonds. The molecular weight excluding hydrogens is 562 g/mol. The lowest BCUT2D eigenvalue weighted by Gasteiger charge is -2.33. The van der Waals surface area contributed by atoms with Crippen LogP contribution in [0.15, 0.2) is 46.9 Å². The molecule has 2 saturated carbocycles. The number of carbonyl (C=O) groups is 3. The molecule has 5 rings (SSSR count). The van der Waals surface area contributed by atoms with E-state index in [2.05, 4.69) is 15.9 Å². The van der Waals surface area contributed by atoms with Gasteiger partial charge in [-0.3, -0.25) is 4.90 Å². The van der Waals surface area contributed by atoms with Gasteiger partial charge < -0.3 is 19.7 Å². The predicted molar refractivity (Wildman–Crippen MR) is 142 cm³/mol. The Morgan fingerprint density at radius 2 is 1.81 bits per heavy atom. The number of amides is 1. The highest BCUT2D eigenvalue weighted by Crippen LogP contribution is 2.44. The zero-order valence-corrected chi connectivity index (χ0v) is 22.3. The van der Waals surface area contributed by atoms with E-state index in [1.54, 1.807) is 23.1 Å². The van der Waals surface area contributed by atoms with E-state index in [4.69, 9.17) is 9.47 Å². The number of carboxylic acid groups (broad SMARTS) is 2. The van der Waals surface area contributed by atoms with Gasteiger partial charge in [0, 0.05) is 26.7 Å². The molecule has 2 N–H and O–H groups in total. The van der Waals surface area contributed by atoms with Gasteiger partial charge in [-0.15, -0.1) is 11.3 Å². The second kappa shape index (κ2) is 10.3. The van der Waals surface area contributed by atoms with E-state index in [1.165, 1.54) is 11.3 Å². The standard InChI is InChI=1S/C27H26BrNO7S/c28-22-20-13-16(7-10-21(20)37-23(22)18-5-1-2-6-19(18)24(30)31)14-29(25(32)35-17-8-9-17)15-27(36-26(33)34)11-3-4-12-27/h1-2,5-7,10,13,17H,3-4,8-9,11-12,14-15H2,(H,30,31)(H,33,34). The maximum absolute atomic E-state index is 13.1. The van der Waals surface area contributed by atoms with Gasteiger partial charge in [-0.2, -0.15) is 0 Å². The number of halogens is 1. The minimum Gasteiger partial charge on any atom is -0.478 e. The lowest BCUT2D eigenvalue weighted by atomic mass is 10.0. The molecule has 1 aromatic heterocycles. The minimum atomic E-state index is -1.34. The maximum Gasteiger partial charge on any atom is 0.506 e. The Hall–Kier alpha value is -3.11. The summed E-state index contributed by atoms with van der Waals surface area (Å²) >= 11 is 5.17. The van der Waals surface area contributed by atoms with Crippen molar-refractivity contribution in [1.29, 1.82) is 0 Å². The summed E-state index contributed by atoms with van der Waals surface area (Å²) in [4.78, 5) is 38.6. The normalized spacial score (nSPS) is 16.5. The van der Waals surface area contributed by atoms with Gasteiger partial charge in [0.2, 0.25) is 0 Å². The molecule has 0 saturated heterocycles. The van der Waals surface area contributed by atoms with Crippen LogP contribution in [0, 0.1) is 0 Å². The highest BCUT2D eigenvalue weighted by atomic mass is 79.9. The molecule has 0 aliphatic heterocycles. The molecule has 0 spiro atoms. The third-order valence-electron chi connectivity index (χ3n) is 6.82. The monoisotopic (exact) mass is 587 g/mol. The van der Waals surface area contributed by atoms with Gasteiger partial charge in [-0.05, 0) is 78.2 Å². The predicted octanol–water partition coefficient (Wildman–Crippen LogP) is 7.14. The topological polar surface area (TPSA) is 113 Å². The van der Waals surface area contributed by atoms with Gasteiger partial charge in [-0.1, -0.05) is 24.3 Å². The fourth-order valence-electron chi connectivity index (χ4n) is 4.91. The third kappa shape index (κ3) is 5.60. The number of nitrogens with zero attached hydrogens (tertiary/aromatic N) is 1. The van der Waals surface area contributed by atoms with Gasteiger partial charge in [0.05, 0.1) is 17.0 Å². The van der Waals surface area contributed by atoms with E-state index in [9.17, 15) is 24.6 Å². The number of rotatable bonds is 8. The number of carbonyl (C=O) groups excluding carboxylic acids is 1. The molecular formula is C27H26BrNO7S. The van der Waals surface area contributed by atoms with Gasteiger partial charge >= 0.3 is 18.2 Å². The molecule has 2 aliphatic carbocycles. The number of aromatic carboxylic acids is 1. The van der Waals surface area contributed by atoms with Gasteiger partial charge in [-0.25, -0.2) is 14.4 Å². The molecule has 2 aliphatic rings. The zero-order valence-electron chi connectivity index (χ0n) is 19.9. The lowest BCUT2D eigenvalue weighted by Crippen LogP contribution is -2.46. The lowest BCUT2D eigenvalue weighted by molar-refractivity contribution is -0.0365. The SMILES string of the molecule is O=C(O)OC1(CN(Cc2ccc3sc(-c4ccccc4C(=O)O)c(Br)c3c2)C(=O)OC2CC2)CCCC1. The molecule has 37 heavy (non-hydrogen) atoms. The van der Waals surface area contributed by atoms with Crippen molar-refractivity contribution in [1.82, 2.24) is 4.90 Å². The van der Waals surface area contributed by atoms with E-state index in [0.717, 1.165) is 50.7 Å². The first kappa shape index (κ1) is 25.5. The van der Waals surface area contributed by atoms with Crippen LogP contribution < -0.4 is 0 Å². The van der Waals surface area contributed by atoms with Gasteiger partial charge in [0.25, 0.3) is 0 Å². The average Bonchev–Trinajstić information content (AvgIpc) is 3.47. The van der Waals surface area contributed by atoms with E-state index in [-0.39, 0.29) is 24.8 Å². The molecule has 194 valence electrons. The van der Waals surface area contributed by atoms with Crippen molar-refractivity contribution in [2.24, 2.45) is 0 Å². The average molecular weight is 588 g/mol. The summed E-state index contributed by atoms with van der Waals surface area (Å²) in [6, 6.07) is 12.7. The van der Waals surface area contributed by atoms with Crippen molar-refractivity contribution in [2.45, 2.75) is 56.8 Å². The molecule has 2 fully saturated rings. The Kier molecular flexibility index (Phi) is 7.13. The second-order valence-electron chi connectivity index (χ2n) is 9.62. The molecule has 1 heterocycles.